The average molecular weight is 472 g/mol. The normalized spacial score (nSPS) is 11.4. The number of rotatable bonds is 6. The van der Waals surface area contributed by atoms with Crippen LogP contribution in [0.1, 0.15) is 16.1 Å². The monoisotopic (exact) mass is 472 g/mol. The number of Topliss-reactive ketones (excluding diaryl/α,β-unsaturated/α-hetero) is 1. The fourth-order valence-corrected chi connectivity index (χ4v) is 3.43. The van der Waals surface area contributed by atoms with Gasteiger partial charge in [-0.05, 0) is 42.5 Å². The third-order valence-electron chi connectivity index (χ3n) is 5.03. The minimum Gasteiger partial charge on any atom is -0.496 e. The lowest BCUT2D eigenvalue weighted by Gasteiger charge is -2.15. The van der Waals surface area contributed by atoms with E-state index >= 15 is 0 Å². The Labute approximate surface area is 190 Å². The van der Waals surface area contributed by atoms with E-state index < -0.39 is 41.1 Å². The third kappa shape index (κ3) is 4.50. The zero-order valence-electron chi connectivity index (χ0n) is 17.6. The quantitative estimate of drug-likeness (QED) is 0.259. The zero-order chi connectivity index (χ0) is 24.5. The summed E-state index contributed by atoms with van der Waals surface area (Å²) in [5.41, 5.74) is -1.78. The number of ether oxygens (including phenoxy) is 2. The molecule has 1 aromatic heterocycles. The SMILES string of the molecule is COc1ccccc1-c1c(C(F)(F)F)oc2cc(OCC(=O)c3ccc(F)cc3)ccc2c1=O. The molecule has 0 aliphatic carbocycles. The fraction of sp³-hybridized carbons (Fsp3) is 0.120. The summed E-state index contributed by atoms with van der Waals surface area (Å²) in [4.78, 5) is 25.3. The van der Waals surface area contributed by atoms with E-state index in [1.807, 2.05) is 0 Å². The Bertz CT molecular complexity index is 1420. The second kappa shape index (κ2) is 9.01. The largest absolute Gasteiger partial charge is 0.496 e. The van der Waals surface area contributed by atoms with Crippen LogP contribution in [-0.4, -0.2) is 19.5 Å². The standard InChI is InChI=1S/C25H16F4O5/c1-32-20-5-3-2-4-17(20)22-23(31)18-11-10-16(12-21(18)34-24(22)25(27,28)29)33-13-19(30)14-6-8-15(26)9-7-14/h2-12H,13H2,1H3. The molecular weight excluding hydrogens is 456 g/mol. The molecule has 1 heterocycles. The number of methoxy groups -OCH3 is 1. The summed E-state index contributed by atoms with van der Waals surface area (Å²) in [6, 6.07) is 14.4. The molecular formula is C25H16F4O5. The number of benzene rings is 3. The van der Waals surface area contributed by atoms with Gasteiger partial charge in [-0.3, -0.25) is 9.59 Å². The van der Waals surface area contributed by atoms with E-state index in [-0.39, 0.29) is 33.6 Å². The molecule has 3 aromatic carbocycles. The number of carbonyl (C=O) groups excluding carboxylic acids is 1. The van der Waals surface area contributed by atoms with Crippen LogP contribution in [0.4, 0.5) is 17.6 Å². The van der Waals surface area contributed by atoms with E-state index in [1.54, 1.807) is 6.07 Å². The van der Waals surface area contributed by atoms with E-state index in [9.17, 15) is 27.2 Å². The molecule has 0 saturated carbocycles. The summed E-state index contributed by atoms with van der Waals surface area (Å²) in [5.74, 6) is -2.35. The van der Waals surface area contributed by atoms with Gasteiger partial charge in [0.15, 0.2) is 12.4 Å². The van der Waals surface area contributed by atoms with E-state index in [0.29, 0.717) is 0 Å². The van der Waals surface area contributed by atoms with Crippen LogP contribution < -0.4 is 14.9 Å². The Morgan fingerprint density at radius 1 is 1.00 bits per heavy atom. The highest BCUT2D eigenvalue weighted by Crippen LogP contribution is 2.40. The van der Waals surface area contributed by atoms with E-state index in [0.717, 1.165) is 18.2 Å². The van der Waals surface area contributed by atoms with Crippen molar-refractivity contribution < 1.29 is 36.2 Å². The van der Waals surface area contributed by atoms with Crippen molar-refractivity contribution >= 4 is 16.8 Å². The molecule has 0 fully saturated rings. The number of carbonyl (C=O) groups is 1. The molecule has 4 rings (SSSR count). The molecule has 0 N–H and O–H groups in total. The first-order valence-electron chi connectivity index (χ1n) is 9.92. The summed E-state index contributed by atoms with van der Waals surface area (Å²) in [6.45, 7) is -0.452. The van der Waals surface area contributed by atoms with Gasteiger partial charge in [0.2, 0.25) is 11.2 Å². The smallest absolute Gasteiger partial charge is 0.450 e. The van der Waals surface area contributed by atoms with Crippen molar-refractivity contribution in [1.82, 2.24) is 0 Å². The van der Waals surface area contributed by atoms with Crippen LogP contribution >= 0.6 is 0 Å². The van der Waals surface area contributed by atoms with Crippen LogP contribution in [0.15, 0.2) is 75.9 Å². The molecule has 0 radical (unpaired) electrons. The highest BCUT2D eigenvalue weighted by Gasteiger charge is 2.40. The average Bonchev–Trinajstić information content (AvgIpc) is 2.82. The lowest BCUT2D eigenvalue weighted by atomic mass is 10.0. The van der Waals surface area contributed by atoms with Crippen molar-refractivity contribution in [2.24, 2.45) is 0 Å². The Balaban J connectivity index is 1.74. The van der Waals surface area contributed by atoms with Crippen molar-refractivity contribution in [3.63, 3.8) is 0 Å². The van der Waals surface area contributed by atoms with Gasteiger partial charge in [-0.15, -0.1) is 0 Å². The molecule has 0 amide bonds. The van der Waals surface area contributed by atoms with Crippen molar-refractivity contribution in [3.05, 3.63) is 94.1 Å². The molecule has 174 valence electrons. The number of para-hydroxylation sites is 1. The van der Waals surface area contributed by atoms with Gasteiger partial charge in [-0.2, -0.15) is 13.2 Å². The number of halogens is 4. The molecule has 5 nitrogen and oxygen atoms in total. The van der Waals surface area contributed by atoms with Gasteiger partial charge in [0.1, 0.15) is 22.9 Å². The molecule has 9 heteroatoms. The molecule has 0 saturated heterocycles. The zero-order valence-corrected chi connectivity index (χ0v) is 17.6. The highest BCUT2D eigenvalue weighted by atomic mass is 19.4. The molecule has 0 atom stereocenters. The number of fused-ring (bicyclic) bond motifs is 1. The predicted octanol–water partition coefficient (Wildman–Crippen LogP) is 5.89. The lowest BCUT2D eigenvalue weighted by Crippen LogP contribution is -2.16. The first kappa shape index (κ1) is 23.0. The van der Waals surface area contributed by atoms with Gasteiger partial charge in [-0.25, -0.2) is 4.39 Å². The van der Waals surface area contributed by atoms with E-state index in [2.05, 4.69) is 0 Å². The maximum absolute atomic E-state index is 13.9. The molecule has 4 aromatic rings. The first-order valence-corrected chi connectivity index (χ1v) is 9.92. The van der Waals surface area contributed by atoms with E-state index in [1.165, 1.54) is 49.6 Å². The topological polar surface area (TPSA) is 65.7 Å². The Morgan fingerprint density at radius 2 is 1.71 bits per heavy atom. The predicted molar refractivity (Wildman–Crippen MR) is 116 cm³/mol. The van der Waals surface area contributed by atoms with Gasteiger partial charge >= 0.3 is 6.18 Å². The second-order valence-corrected chi connectivity index (χ2v) is 7.21. The minimum atomic E-state index is -4.97. The van der Waals surface area contributed by atoms with Gasteiger partial charge < -0.3 is 13.9 Å². The number of ketones is 1. The molecule has 0 spiro atoms. The molecule has 34 heavy (non-hydrogen) atoms. The second-order valence-electron chi connectivity index (χ2n) is 7.21. The van der Waals surface area contributed by atoms with Gasteiger partial charge in [-0.1, -0.05) is 18.2 Å². The van der Waals surface area contributed by atoms with Crippen molar-refractivity contribution in [3.8, 4) is 22.6 Å². The Morgan fingerprint density at radius 3 is 2.38 bits per heavy atom. The van der Waals surface area contributed by atoms with Gasteiger partial charge in [0.05, 0.1) is 18.1 Å². The van der Waals surface area contributed by atoms with Gasteiger partial charge in [0, 0.05) is 17.2 Å². The van der Waals surface area contributed by atoms with Crippen LogP contribution in [0.25, 0.3) is 22.1 Å². The number of alkyl halides is 3. The summed E-state index contributed by atoms with van der Waals surface area (Å²) >= 11 is 0. The maximum Gasteiger partial charge on any atom is 0.450 e. The summed E-state index contributed by atoms with van der Waals surface area (Å²) in [7, 11) is 1.28. The summed E-state index contributed by atoms with van der Waals surface area (Å²) < 4.78 is 70.3. The van der Waals surface area contributed by atoms with E-state index in [4.69, 9.17) is 13.9 Å². The minimum absolute atomic E-state index is 0.0178. The van der Waals surface area contributed by atoms with Crippen LogP contribution in [0.2, 0.25) is 0 Å². The molecule has 0 bridgehead atoms. The summed E-state index contributed by atoms with van der Waals surface area (Å²) in [6.07, 6.45) is -4.97. The Kier molecular flexibility index (Phi) is 6.10. The van der Waals surface area contributed by atoms with Crippen LogP contribution in [0.3, 0.4) is 0 Å². The third-order valence-corrected chi connectivity index (χ3v) is 5.03. The van der Waals surface area contributed by atoms with Crippen molar-refractivity contribution in [1.29, 1.82) is 0 Å². The van der Waals surface area contributed by atoms with Crippen LogP contribution in [-0.2, 0) is 6.18 Å². The highest BCUT2D eigenvalue weighted by molar-refractivity contribution is 5.97. The first-order chi connectivity index (χ1) is 16.2. The van der Waals surface area contributed by atoms with Crippen LogP contribution in [0, 0.1) is 5.82 Å². The van der Waals surface area contributed by atoms with Crippen molar-refractivity contribution in [2.45, 2.75) is 6.18 Å². The number of hydrogen-bond donors (Lipinski definition) is 0. The maximum atomic E-state index is 13.9. The Hall–Kier alpha value is -4.14. The van der Waals surface area contributed by atoms with Crippen molar-refractivity contribution in [2.75, 3.05) is 13.7 Å². The lowest BCUT2D eigenvalue weighted by molar-refractivity contribution is -0.152. The number of hydrogen-bond acceptors (Lipinski definition) is 5. The van der Waals surface area contributed by atoms with Gasteiger partial charge in [0.25, 0.3) is 0 Å². The summed E-state index contributed by atoms with van der Waals surface area (Å²) in [5, 5.41) is -0.105. The fourth-order valence-electron chi connectivity index (χ4n) is 3.43. The van der Waals surface area contributed by atoms with Crippen LogP contribution in [0.5, 0.6) is 11.5 Å². The molecule has 0 aliphatic rings. The molecule has 0 aliphatic heterocycles. The molecule has 0 unspecified atom stereocenters.